The molecule has 0 aromatic heterocycles. The summed E-state index contributed by atoms with van der Waals surface area (Å²) in [6.07, 6.45) is 1.61. The van der Waals surface area contributed by atoms with Crippen LogP contribution in [-0.2, 0) is 52.5 Å². The van der Waals surface area contributed by atoms with Gasteiger partial charge in [-0.2, -0.15) is 4.31 Å². The van der Waals surface area contributed by atoms with Crippen molar-refractivity contribution in [2.24, 2.45) is 29.2 Å². The van der Waals surface area contributed by atoms with E-state index in [1.54, 1.807) is 26.0 Å². The Morgan fingerprint density at radius 2 is 0.919 bits per heavy atom. The fourth-order valence-electron chi connectivity index (χ4n) is 8.49. The van der Waals surface area contributed by atoms with Crippen LogP contribution < -0.4 is 11.5 Å². The molecule has 4 N–H and O–H groups in total. The van der Waals surface area contributed by atoms with Crippen molar-refractivity contribution in [3.63, 3.8) is 0 Å². The van der Waals surface area contributed by atoms with E-state index in [9.17, 15) is 62.8 Å². The number of methoxy groups -OCH3 is 4. The number of ketones is 1. The van der Waals surface area contributed by atoms with Gasteiger partial charge in [-0.1, -0.05) is 20.8 Å². The molecule has 3 heterocycles. The van der Waals surface area contributed by atoms with Gasteiger partial charge in [-0.05, 0) is 57.8 Å². The second-order valence-electron chi connectivity index (χ2n) is 18.1. The molecule has 3 saturated heterocycles. The van der Waals surface area contributed by atoms with E-state index in [-0.39, 0.29) is 106 Å². The van der Waals surface area contributed by atoms with Crippen molar-refractivity contribution in [1.82, 2.24) is 23.9 Å². The molecule has 74 heavy (non-hydrogen) atoms. The molecule has 18 nitrogen and oxygen atoms in total. The van der Waals surface area contributed by atoms with Gasteiger partial charge in [0.05, 0.1) is 31.8 Å². The second-order valence-corrected chi connectivity index (χ2v) is 20.2. The van der Waals surface area contributed by atoms with E-state index < -0.39 is 65.0 Å². The number of hydrogen-bond donors (Lipinski definition) is 2. The molecule has 0 spiro atoms. The van der Waals surface area contributed by atoms with Crippen LogP contribution in [0.2, 0.25) is 0 Å². The molecular formula is C46H82Cl2F7N7O11S. The summed E-state index contributed by atoms with van der Waals surface area (Å²) in [7, 11) is 5.85. The first-order chi connectivity index (χ1) is 34.4. The third kappa shape index (κ3) is 29.9. The minimum atomic E-state index is -5.14. The van der Waals surface area contributed by atoms with Gasteiger partial charge in [0.15, 0.2) is 0 Å². The van der Waals surface area contributed by atoms with Crippen LogP contribution in [-0.4, -0.2) is 201 Å². The van der Waals surface area contributed by atoms with E-state index in [1.807, 2.05) is 13.8 Å². The maximum absolute atomic E-state index is 13.2. The number of carbonyl (C=O) groups is 7. The smallest absolute Gasteiger partial charge is 0.278 e. The van der Waals surface area contributed by atoms with Crippen LogP contribution >= 0.6 is 34.6 Å². The molecule has 6 amide bonds. The largest absolute Gasteiger partial charge is 0.383 e. The fourth-order valence-corrected chi connectivity index (χ4v) is 9.05. The molecular weight excluding hydrogens is 1060 g/mol. The molecule has 3 rings (SSSR count). The number of nitrogens with zero attached hydrogens (tertiary/aromatic N) is 5. The van der Waals surface area contributed by atoms with Crippen molar-refractivity contribution in [1.29, 1.82) is 0 Å². The van der Waals surface area contributed by atoms with Gasteiger partial charge >= 0.3 is 0 Å². The van der Waals surface area contributed by atoms with E-state index >= 15 is 0 Å². The molecule has 0 aliphatic carbocycles. The normalized spacial score (nSPS) is 19.3. The highest BCUT2D eigenvalue weighted by Crippen LogP contribution is 2.56. The predicted octanol–water partition coefficient (Wildman–Crippen LogP) is 6.38. The van der Waals surface area contributed by atoms with Crippen molar-refractivity contribution in [3.8, 4) is 0 Å². The zero-order valence-corrected chi connectivity index (χ0v) is 46.8. The summed E-state index contributed by atoms with van der Waals surface area (Å²) in [5.41, 5.74) is 10.4. The minimum Gasteiger partial charge on any atom is -0.383 e. The zero-order chi connectivity index (χ0) is 57.6. The number of likely N-dealkylation sites (tertiary alicyclic amines) is 3. The number of carbonyl (C=O) groups excluding carboxylic acids is 7. The highest BCUT2D eigenvalue weighted by molar-refractivity contribution is 8.18. The van der Waals surface area contributed by atoms with E-state index in [1.165, 1.54) is 35.8 Å². The van der Waals surface area contributed by atoms with Crippen LogP contribution in [0.1, 0.15) is 99.3 Å². The second kappa shape index (κ2) is 37.5. The summed E-state index contributed by atoms with van der Waals surface area (Å²) in [4.78, 5) is 87.7. The Balaban J connectivity index is 0. The lowest BCUT2D eigenvalue weighted by Crippen LogP contribution is -2.50. The summed E-state index contributed by atoms with van der Waals surface area (Å²) >= 11 is 4.39. The molecule has 3 aliphatic rings. The number of nitrogens with two attached hydrogens (primary N) is 2. The number of primary amides is 2. The molecule has 3 aliphatic heterocycles. The molecule has 0 bridgehead atoms. The third-order valence-corrected chi connectivity index (χ3v) is 12.6. The Kier molecular flexibility index (Phi) is 36.9. The molecule has 0 radical (unpaired) electrons. The Hall–Kier alpha value is -3.27. The molecule has 0 aromatic rings. The number of halogens is 9. The highest BCUT2D eigenvalue weighted by Gasteiger charge is 2.42. The fraction of sp³-hybridized carbons (Fsp3) is 0.848. The summed E-state index contributed by atoms with van der Waals surface area (Å²) in [5.74, 6) is -8.08. The Morgan fingerprint density at radius 1 is 0.622 bits per heavy atom. The summed E-state index contributed by atoms with van der Waals surface area (Å²) in [5, 5.41) is 0.194. The van der Waals surface area contributed by atoms with E-state index in [2.05, 4.69) is 9.47 Å². The van der Waals surface area contributed by atoms with Crippen LogP contribution in [0.5, 0.6) is 0 Å². The maximum Gasteiger partial charge on any atom is 0.278 e. The molecule has 0 saturated carbocycles. The lowest BCUT2D eigenvalue weighted by molar-refractivity contribution is -0.144. The molecule has 436 valence electrons. The Bertz CT molecular complexity index is 1680. The van der Waals surface area contributed by atoms with Crippen LogP contribution in [0.3, 0.4) is 0 Å². The summed E-state index contributed by atoms with van der Waals surface area (Å²) in [6, 6.07) is -1.82. The lowest BCUT2D eigenvalue weighted by Gasteiger charge is -2.32. The van der Waals surface area contributed by atoms with Gasteiger partial charge in [0.25, 0.3) is 11.4 Å². The van der Waals surface area contributed by atoms with Crippen molar-refractivity contribution >= 4 is 75.8 Å². The number of Topliss-reactive ketones (excluding diaryl/α,β-unsaturated/α-hetero) is 1. The standard InChI is InChI=1S/C17H30F2N2O4.C11H18F2N2O2.C11H18N2O3.C6H14F3NO2S.CH2Cl2/c1-5-14(16(23)20(6-8-24-3)7-9-25-4)21-12-13(10-15(21)22)11-17(2,18)19;1-3-8(10(14)17)15-6-7(4-9(15)16)5-11(2,12)13;1-3-9(11(12)16)13-6-8(4-7(2)14)5-10(13)15;1-11-5-3-10(4-6-12-2)13(7,8)9;2-1-3/h13-14H,5-12H2,1-4H3;7-8H,3-6H2,1-2H3,(H2,14,17);8-9H,3-6H2,1-2H3,(H2,12,16);3-6H2,1-2H3;1H2/t13-,14-;7-,8-;8-,9+;;/m001../s1. The third-order valence-electron chi connectivity index (χ3n) is 11.6. The minimum absolute atomic E-state index is 0.0402. The van der Waals surface area contributed by atoms with Gasteiger partial charge in [-0.3, -0.25) is 28.8 Å². The number of rotatable bonds is 28. The van der Waals surface area contributed by atoms with Gasteiger partial charge < -0.3 is 54.8 Å². The van der Waals surface area contributed by atoms with Crippen molar-refractivity contribution in [2.75, 3.05) is 106 Å². The maximum atomic E-state index is 13.2. The number of hydrogen-bond acceptors (Lipinski definition) is 12. The SMILES string of the molecule is CC[C@@H](C(=O)N(CCOC)CCOC)N1C[C@H](CC(C)(F)F)CC1=O.CC[C@@H](C(N)=O)N1C[C@H](CC(C)(F)F)CC1=O.CC[C@@H](C(N)=O)N1C[C@H](CC(C)=O)CC1=O.COCCN(CCOC)S(F)(F)F.ClCCl. The van der Waals surface area contributed by atoms with Gasteiger partial charge in [-0.15, -0.1) is 34.9 Å². The summed E-state index contributed by atoms with van der Waals surface area (Å²) < 4.78 is 109. The average molecular weight is 1150 g/mol. The molecule has 0 unspecified atom stereocenters. The van der Waals surface area contributed by atoms with Crippen molar-refractivity contribution in [3.05, 3.63) is 0 Å². The number of ether oxygens (including phenoxy) is 4. The van der Waals surface area contributed by atoms with Gasteiger partial charge in [-0.25, -0.2) is 17.6 Å². The van der Waals surface area contributed by atoms with Gasteiger partial charge in [0.1, 0.15) is 23.9 Å². The number of alkyl halides is 6. The zero-order valence-electron chi connectivity index (χ0n) is 44.5. The highest BCUT2D eigenvalue weighted by atomic mass is 35.5. The Labute approximate surface area is 444 Å². The van der Waals surface area contributed by atoms with Gasteiger partial charge in [0, 0.05) is 113 Å². The predicted molar refractivity (Wildman–Crippen MR) is 269 cm³/mol. The number of amides is 6. The molecule has 6 atom stereocenters. The molecule has 0 aromatic carbocycles. The van der Waals surface area contributed by atoms with Crippen LogP contribution in [0.25, 0.3) is 0 Å². The van der Waals surface area contributed by atoms with Crippen molar-refractivity contribution < 1.29 is 81.7 Å². The monoisotopic (exact) mass is 1140 g/mol. The topological polar surface area (TPSA) is 225 Å². The Morgan fingerprint density at radius 3 is 1.19 bits per heavy atom. The van der Waals surface area contributed by atoms with Gasteiger partial charge in [0.2, 0.25) is 47.3 Å². The van der Waals surface area contributed by atoms with Crippen molar-refractivity contribution in [2.45, 2.75) is 129 Å². The van der Waals surface area contributed by atoms with E-state index in [0.717, 1.165) is 13.8 Å². The van der Waals surface area contributed by atoms with E-state index in [0.29, 0.717) is 69.3 Å². The first kappa shape index (κ1) is 72.8. The van der Waals surface area contributed by atoms with Crippen LogP contribution in [0, 0.1) is 17.8 Å². The van der Waals surface area contributed by atoms with Crippen LogP contribution in [0.4, 0.5) is 29.2 Å². The first-order valence-corrected chi connectivity index (χ1v) is 26.5. The summed E-state index contributed by atoms with van der Waals surface area (Å²) in [6.45, 7) is 10.9. The van der Waals surface area contributed by atoms with Crippen LogP contribution in [0.15, 0.2) is 0 Å². The molecule has 3 fully saturated rings. The lowest BCUT2D eigenvalue weighted by atomic mass is 10.0. The van der Waals surface area contributed by atoms with E-state index in [4.69, 9.17) is 44.1 Å². The quantitative estimate of drug-likeness (QED) is 0.0644. The first-order valence-electron chi connectivity index (χ1n) is 24.1. The average Bonchev–Trinajstić information content (AvgIpc) is 3.94. The molecule has 28 heteroatoms.